The molecule has 1 unspecified atom stereocenters. The van der Waals surface area contributed by atoms with Crippen LogP contribution in [0.3, 0.4) is 0 Å². The highest BCUT2D eigenvalue weighted by atomic mass is 16.5. The van der Waals surface area contributed by atoms with Gasteiger partial charge in [-0.3, -0.25) is 4.79 Å². The minimum atomic E-state index is -0.474. The first-order valence-electron chi connectivity index (χ1n) is 8.87. The van der Waals surface area contributed by atoms with Gasteiger partial charge in [-0.15, -0.1) is 0 Å². The summed E-state index contributed by atoms with van der Waals surface area (Å²) in [6, 6.07) is 10.4. The maximum absolute atomic E-state index is 12.9. The van der Waals surface area contributed by atoms with E-state index < -0.39 is 6.10 Å². The van der Waals surface area contributed by atoms with Crippen molar-refractivity contribution in [3.05, 3.63) is 63.7 Å². The average molecular weight is 322 g/mol. The molecule has 0 saturated heterocycles. The van der Waals surface area contributed by atoms with E-state index in [-0.39, 0.29) is 5.78 Å². The second-order valence-electron chi connectivity index (χ2n) is 7.00. The normalized spacial score (nSPS) is 14.8. The zero-order valence-electron chi connectivity index (χ0n) is 15.1. The highest BCUT2D eigenvalue weighted by Crippen LogP contribution is 2.30. The van der Waals surface area contributed by atoms with Crippen LogP contribution in [0.15, 0.2) is 30.3 Å². The highest BCUT2D eigenvalue weighted by molar-refractivity contribution is 6.02. The Labute approximate surface area is 144 Å². The summed E-state index contributed by atoms with van der Waals surface area (Å²) in [7, 11) is 0. The molecule has 3 rings (SSSR count). The first-order chi connectivity index (χ1) is 11.5. The quantitative estimate of drug-likeness (QED) is 0.728. The molecule has 0 fully saturated rings. The molecule has 0 spiro atoms. The molecule has 1 atom stereocenters. The molecule has 1 aliphatic carbocycles. The van der Waals surface area contributed by atoms with Gasteiger partial charge in [0.25, 0.3) is 0 Å². The predicted octanol–water partition coefficient (Wildman–Crippen LogP) is 5.14. The summed E-state index contributed by atoms with van der Waals surface area (Å²) in [5, 5.41) is 0. The molecule has 0 heterocycles. The van der Waals surface area contributed by atoms with Crippen molar-refractivity contribution in [2.45, 2.75) is 59.5 Å². The van der Waals surface area contributed by atoms with Gasteiger partial charge in [-0.2, -0.15) is 0 Å². The van der Waals surface area contributed by atoms with Crippen molar-refractivity contribution in [3.8, 4) is 5.75 Å². The van der Waals surface area contributed by atoms with Gasteiger partial charge in [0.15, 0.2) is 6.10 Å². The van der Waals surface area contributed by atoms with E-state index >= 15 is 0 Å². The molecule has 2 heteroatoms. The smallest absolute Gasteiger partial charge is 0.203 e. The zero-order valence-corrected chi connectivity index (χ0v) is 15.1. The van der Waals surface area contributed by atoms with E-state index in [4.69, 9.17) is 4.74 Å². The van der Waals surface area contributed by atoms with E-state index in [0.717, 1.165) is 35.3 Å². The zero-order chi connectivity index (χ0) is 17.3. The van der Waals surface area contributed by atoms with E-state index in [9.17, 15) is 4.79 Å². The third-order valence-electron chi connectivity index (χ3n) is 4.95. The van der Waals surface area contributed by atoms with Gasteiger partial charge in [0.05, 0.1) is 0 Å². The topological polar surface area (TPSA) is 26.3 Å². The minimum absolute atomic E-state index is 0.0680. The minimum Gasteiger partial charge on any atom is -0.482 e. The summed E-state index contributed by atoms with van der Waals surface area (Å²) in [5.74, 6) is 0.953. The van der Waals surface area contributed by atoms with Crippen LogP contribution in [0.1, 0.15) is 57.9 Å². The van der Waals surface area contributed by atoms with Gasteiger partial charge >= 0.3 is 0 Å². The lowest BCUT2D eigenvalue weighted by Crippen LogP contribution is -2.26. The van der Waals surface area contributed by atoms with Crippen LogP contribution in [-0.4, -0.2) is 11.9 Å². The molecule has 0 bridgehead atoms. The van der Waals surface area contributed by atoms with Crippen LogP contribution in [0.2, 0.25) is 0 Å². The Kier molecular flexibility index (Phi) is 4.75. The van der Waals surface area contributed by atoms with Crippen molar-refractivity contribution in [1.29, 1.82) is 0 Å². The number of rotatable bonds is 4. The lowest BCUT2D eigenvalue weighted by Gasteiger charge is -2.22. The first kappa shape index (κ1) is 16.8. The van der Waals surface area contributed by atoms with Crippen LogP contribution in [0, 0.1) is 20.8 Å². The third-order valence-corrected chi connectivity index (χ3v) is 4.95. The highest BCUT2D eigenvalue weighted by Gasteiger charge is 2.23. The van der Waals surface area contributed by atoms with Crippen molar-refractivity contribution < 1.29 is 9.53 Å². The predicted molar refractivity (Wildman–Crippen MR) is 98.2 cm³/mol. The second kappa shape index (κ2) is 6.80. The molecule has 0 radical (unpaired) electrons. The number of benzene rings is 2. The Morgan fingerprint density at radius 3 is 2.42 bits per heavy atom. The molecule has 1 aliphatic rings. The van der Waals surface area contributed by atoms with E-state index in [2.05, 4.69) is 25.1 Å². The molecule has 0 aromatic heterocycles. The number of carbonyl (C=O) groups is 1. The summed E-state index contributed by atoms with van der Waals surface area (Å²) in [5.41, 5.74) is 6.72. The number of carbonyl (C=O) groups excluding carboxylic acids is 1. The number of fused-ring (bicyclic) bond motifs is 1. The van der Waals surface area contributed by atoms with Gasteiger partial charge in [-0.25, -0.2) is 0 Å². The van der Waals surface area contributed by atoms with Crippen LogP contribution in [0.25, 0.3) is 0 Å². The number of ether oxygens (including phenoxy) is 1. The van der Waals surface area contributed by atoms with E-state index in [1.165, 1.54) is 29.5 Å². The summed E-state index contributed by atoms with van der Waals surface area (Å²) in [6.07, 6.45) is 4.14. The second-order valence-corrected chi connectivity index (χ2v) is 7.00. The monoisotopic (exact) mass is 322 g/mol. The van der Waals surface area contributed by atoms with Crippen LogP contribution in [-0.2, 0) is 12.8 Å². The van der Waals surface area contributed by atoms with Crippen LogP contribution < -0.4 is 4.74 Å². The Morgan fingerprint density at radius 1 is 1.04 bits per heavy atom. The Bertz CT molecular complexity index is 751. The lowest BCUT2D eigenvalue weighted by atomic mass is 9.91. The third kappa shape index (κ3) is 3.24. The number of hydrogen-bond donors (Lipinski definition) is 0. The molecular weight excluding hydrogens is 296 g/mol. The number of Topliss-reactive ketones (excluding diaryl/α,β-unsaturated/α-hetero) is 1. The van der Waals surface area contributed by atoms with Gasteiger partial charge < -0.3 is 4.74 Å². The van der Waals surface area contributed by atoms with Crippen LogP contribution >= 0.6 is 0 Å². The Hall–Kier alpha value is -2.09. The molecule has 0 N–H and O–H groups in total. The molecule has 2 aromatic rings. The Balaban J connectivity index is 1.86. The van der Waals surface area contributed by atoms with Gasteiger partial charge in [0.2, 0.25) is 5.78 Å². The fraction of sp³-hybridized carbons (Fsp3) is 0.409. The standard InChI is InChI=1S/C22H26O2/c1-14-12-15(2)21(16(3)13-14)22(23)17(4)24-20-11-7-9-18-8-5-6-10-19(18)20/h7,9,11-13,17H,5-6,8,10H2,1-4H3. The number of ketones is 1. The largest absolute Gasteiger partial charge is 0.482 e. The molecule has 24 heavy (non-hydrogen) atoms. The molecule has 0 saturated carbocycles. The van der Waals surface area contributed by atoms with Gasteiger partial charge in [-0.1, -0.05) is 29.8 Å². The van der Waals surface area contributed by atoms with E-state index in [1.54, 1.807) is 0 Å². The van der Waals surface area contributed by atoms with Crippen molar-refractivity contribution in [1.82, 2.24) is 0 Å². The maximum Gasteiger partial charge on any atom is 0.203 e. The fourth-order valence-corrected chi connectivity index (χ4v) is 3.87. The summed E-state index contributed by atoms with van der Waals surface area (Å²) in [6.45, 7) is 7.93. The van der Waals surface area contributed by atoms with Crippen molar-refractivity contribution >= 4 is 5.78 Å². The molecule has 0 amide bonds. The first-order valence-corrected chi connectivity index (χ1v) is 8.87. The average Bonchev–Trinajstić information content (AvgIpc) is 2.54. The van der Waals surface area contributed by atoms with E-state index in [1.807, 2.05) is 32.9 Å². The SMILES string of the molecule is Cc1cc(C)c(C(=O)C(C)Oc2cccc3c2CCCC3)c(C)c1. The van der Waals surface area contributed by atoms with Crippen LogP contribution in [0.4, 0.5) is 0 Å². The van der Waals surface area contributed by atoms with Gasteiger partial charge in [-0.05, 0) is 81.7 Å². The fourth-order valence-electron chi connectivity index (χ4n) is 3.87. The number of hydrogen-bond acceptors (Lipinski definition) is 2. The van der Waals surface area contributed by atoms with Crippen molar-refractivity contribution in [3.63, 3.8) is 0 Å². The van der Waals surface area contributed by atoms with Gasteiger partial charge in [0, 0.05) is 5.56 Å². The molecule has 2 nitrogen and oxygen atoms in total. The lowest BCUT2D eigenvalue weighted by molar-refractivity contribution is 0.0815. The van der Waals surface area contributed by atoms with Crippen molar-refractivity contribution in [2.75, 3.05) is 0 Å². The summed E-state index contributed by atoms with van der Waals surface area (Å²) < 4.78 is 6.12. The molecular formula is C22H26O2. The molecule has 2 aromatic carbocycles. The van der Waals surface area contributed by atoms with Crippen LogP contribution in [0.5, 0.6) is 5.75 Å². The summed E-state index contributed by atoms with van der Waals surface area (Å²) in [4.78, 5) is 12.9. The Morgan fingerprint density at radius 2 is 1.71 bits per heavy atom. The molecule has 0 aliphatic heterocycles. The van der Waals surface area contributed by atoms with E-state index in [0.29, 0.717) is 0 Å². The van der Waals surface area contributed by atoms with Gasteiger partial charge in [0.1, 0.15) is 5.75 Å². The number of aryl methyl sites for hydroxylation is 4. The molecule has 126 valence electrons. The van der Waals surface area contributed by atoms with Crippen molar-refractivity contribution in [2.24, 2.45) is 0 Å². The maximum atomic E-state index is 12.9. The summed E-state index contributed by atoms with van der Waals surface area (Å²) >= 11 is 0.